The van der Waals surface area contributed by atoms with E-state index in [2.05, 4.69) is 20.6 Å². The van der Waals surface area contributed by atoms with Gasteiger partial charge in [0.15, 0.2) is 11.2 Å². The molecule has 0 aliphatic carbocycles. The van der Waals surface area contributed by atoms with E-state index in [1.807, 2.05) is 85.1 Å². The standard InChI is InChI=1S/C28H26N4O2/c33-25-17-26(32-24-14-7-5-12-21(24)25)29-15-8-16-30-27(28(34)19-9-2-1-3-10-19)22-18-31-23-13-6-4-11-20(22)23/h1-7,9-14,17-18,27,30-31H,8,15-16H2,(H2,29,32,33). The molecule has 34 heavy (non-hydrogen) atoms. The summed E-state index contributed by atoms with van der Waals surface area (Å²) < 4.78 is 0. The number of para-hydroxylation sites is 2. The molecule has 4 N–H and O–H groups in total. The molecule has 2 aromatic heterocycles. The summed E-state index contributed by atoms with van der Waals surface area (Å²) >= 11 is 0. The number of carbonyl (C=O) groups is 1. The molecule has 0 aliphatic rings. The fourth-order valence-corrected chi connectivity index (χ4v) is 4.30. The van der Waals surface area contributed by atoms with Gasteiger partial charge in [-0.3, -0.25) is 9.59 Å². The number of fused-ring (bicyclic) bond motifs is 2. The molecule has 0 saturated heterocycles. The molecule has 6 heteroatoms. The van der Waals surface area contributed by atoms with Crippen LogP contribution in [0.25, 0.3) is 21.8 Å². The van der Waals surface area contributed by atoms with Gasteiger partial charge in [-0.1, -0.05) is 60.7 Å². The first kappa shape index (κ1) is 21.7. The van der Waals surface area contributed by atoms with E-state index in [4.69, 9.17) is 0 Å². The van der Waals surface area contributed by atoms with Gasteiger partial charge in [0.1, 0.15) is 5.82 Å². The van der Waals surface area contributed by atoms with Gasteiger partial charge in [0, 0.05) is 46.2 Å². The van der Waals surface area contributed by atoms with Crippen LogP contribution in [0.3, 0.4) is 0 Å². The predicted octanol–water partition coefficient (Wildman–Crippen LogP) is 5.03. The fourth-order valence-electron chi connectivity index (χ4n) is 4.30. The van der Waals surface area contributed by atoms with Crippen LogP contribution in [0.4, 0.5) is 5.82 Å². The third-order valence-corrected chi connectivity index (χ3v) is 6.01. The second-order valence-electron chi connectivity index (χ2n) is 8.28. The summed E-state index contributed by atoms with van der Waals surface area (Å²) in [5, 5.41) is 8.46. The number of nitrogens with one attached hydrogen (secondary N) is 4. The number of hydrogen-bond donors (Lipinski definition) is 4. The number of benzene rings is 3. The Labute approximate surface area is 197 Å². The maximum Gasteiger partial charge on any atom is 0.191 e. The summed E-state index contributed by atoms with van der Waals surface area (Å²) in [4.78, 5) is 32.3. The number of pyridine rings is 1. The largest absolute Gasteiger partial charge is 0.371 e. The molecule has 0 saturated carbocycles. The maximum absolute atomic E-state index is 13.4. The summed E-state index contributed by atoms with van der Waals surface area (Å²) in [5.41, 5.74) is 3.42. The van der Waals surface area contributed by atoms with Crippen LogP contribution in [0.1, 0.15) is 28.4 Å². The first-order valence-corrected chi connectivity index (χ1v) is 11.5. The molecule has 5 rings (SSSR count). The molecule has 0 bridgehead atoms. The van der Waals surface area contributed by atoms with Crippen molar-refractivity contribution in [2.24, 2.45) is 0 Å². The van der Waals surface area contributed by atoms with Crippen molar-refractivity contribution in [3.63, 3.8) is 0 Å². The number of rotatable bonds is 9. The topological polar surface area (TPSA) is 89.8 Å². The number of Topliss-reactive ketones (excluding diaryl/α,β-unsaturated/α-hetero) is 1. The highest BCUT2D eigenvalue weighted by Crippen LogP contribution is 2.26. The van der Waals surface area contributed by atoms with Gasteiger partial charge in [-0.05, 0) is 31.2 Å². The van der Waals surface area contributed by atoms with E-state index in [0.717, 1.165) is 28.4 Å². The summed E-state index contributed by atoms with van der Waals surface area (Å²) in [6.45, 7) is 1.29. The summed E-state index contributed by atoms with van der Waals surface area (Å²) in [5.74, 6) is 0.731. The monoisotopic (exact) mass is 450 g/mol. The van der Waals surface area contributed by atoms with E-state index in [1.54, 1.807) is 6.07 Å². The van der Waals surface area contributed by atoms with Crippen LogP contribution in [-0.4, -0.2) is 28.8 Å². The first-order chi connectivity index (χ1) is 16.7. The van der Waals surface area contributed by atoms with Gasteiger partial charge in [-0.25, -0.2) is 0 Å². The number of H-pyrrole nitrogens is 2. The average Bonchev–Trinajstić information content (AvgIpc) is 3.30. The van der Waals surface area contributed by atoms with Gasteiger partial charge >= 0.3 is 0 Å². The van der Waals surface area contributed by atoms with Crippen molar-refractivity contribution in [3.8, 4) is 0 Å². The van der Waals surface area contributed by atoms with Crippen molar-refractivity contribution < 1.29 is 4.79 Å². The molecule has 1 unspecified atom stereocenters. The quantitative estimate of drug-likeness (QED) is 0.187. The minimum absolute atomic E-state index is 0.0113. The molecule has 3 aromatic carbocycles. The zero-order valence-electron chi connectivity index (χ0n) is 18.7. The van der Waals surface area contributed by atoms with Crippen LogP contribution in [0.5, 0.6) is 0 Å². The average molecular weight is 451 g/mol. The SMILES string of the molecule is O=C(c1ccccc1)C(NCCCNc1cc(=O)c2ccccc2[nH]1)c1c[nH]c2ccccc12. The molecule has 170 valence electrons. The van der Waals surface area contributed by atoms with E-state index in [1.165, 1.54) is 0 Å². The van der Waals surface area contributed by atoms with Crippen molar-refractivity contribution in [2.45, 2.75) is 12.5 Å². The Morgan fingerprint density at radius 3 is 2.35 bits per heavy atom. The number of anilines is 1. The van der Waals surface area contributed by atoms with Crippen LogP contribution in [0.2, 0.25) is 0 Å². The Hall–Kier alpha value is -4.16. The van der Waals surface area contributed by atoms with E-state index in [-0.39, 0.29) is 11.2 Å². The maximum atomic E-state index is 13.4. The Bertz CT molecular complexity index is 1490. The Kier molecular flexibility index (Phi) is 6.23. The van der Waals surface area contributed by atoms with Crippen LogP contribution in [0.15, 0.2) is 95.9 Å². The van der Waals surface area contributed by atoms with Crippen molar-refractivity contribution in [1.82, 2.24) is 15.3 Å². The first-order valence-electron chi connectivity index (χ1n) is 11.5. The number of carbonyl (C=O) groups excluding carboxylic acids is 1. The zero-order valence-corrected chi connectivity index (χ0v) is 18.7. The highest BCUT2D eigenvalue weighted by molar-refractivity contribution is 6.03. The minimum atomic E-state index is -0.459. The third-order valence-electron chi connectivity index (χ3n) is 6.01. The molecule has 0 spiro atoms. The molecular weight excluding hydrogens is 424 g/mol. The zero-order chi connectivity index (χ0) is 23.3. The van der Waals surface area contributed by atoms with Crippen LogP contribution in [-0.2, 0) is 0 Å². The van der Waals surface area contributed by atoms with E-state index in [0.29, 0.717) is 29.9 Å². The molecule has 5 aromatic rings. The third kappa shape index (κ3) is 4.49. The number of ketones is 1. The predicted molar refractivity (Wildman–Crippen MR) is 137 cm³/mol. The highest BCUT2D eigenvalue weighted by atomic mass is 16.1. The second-order valence-corrected chi connectivity index (χ2v) is 8.28. The lowest BCUT2D eigenvalue weighted by molar-refractivity contribution is 0.0943. The lowest BCUT2D eigenvalue weighted by atomic mass is 9.97. The van der Waals surface area contributed by atoms with E-state index in [9.17, 15) is 9.59 Å². The highest BCUT2D eigenvalue weighted by Gasteiger charge is 2.24. The Morgan fingerprint density at radius 1 is 0.824 bits per heavy atom. The van der Waals surface area contributed by atoms with Crippen molar-refractivity contribution >= 4 is 33.4 Å². The Morgan fingerprint density at radius 2 is 1.53 bits per heavy atom. The van der Waals surface area contributed by atoms with Crippen molar-refractivity contribution in [2.75, 3.05) is 18.4 Å². The van der Waals surface area contributed by atoms with Gasteiger partial charge in [-0.15, -0.1) is 0 Å². The van der Waals surface area contributed by atoms with Crippen LogP contribution >= 0.6 is 0 Å². The van der Waals surface area contributed by atoms with Crippen LogP contribution < -0.4 is 16.1 Å². The second kappa shape index (κ2) is 9.77. The van der Waals surface area contributed by atoms with Crippen molar-refractivity contribution in [3.05, 3.63) is 112 Å². The molecular formula is C28H26N4O2. The van der Waals surface area contributed by atoms with Gasteiger partial charge in [0.2, 0.25) is 0 Å². The van der Waals surface area contributed by atoms with Crippen LogP contribution in [0, 0.1) is 0 Å². The Balaban J connectivity index is 1.28. The number of aromatic amines is 2. The van der Waals surface area contributed by atoms with E-state index >= 15 is 0 Å². The number of aromatic nitrogens is 2. The number of hydrogen-bond acceptors (Lipinski definition) is 4. The molecule has 0 radical (unpaired) electrons. The van der Waals surface area contributed by atoms with Gasteiger partial charge < -0.3 is 20.6 Å². The van der Waals surface area contributed by atoms with Gasteiger partial charge in [-0.2, -0.15) is 0 Å². The summed E-state index contributed by atoms with van der Waals surface area (Å²) in [7, 11) is 0. The normalized spacial score (nSPS) is 12.1. The lowest BCUT2D eigenvalue weighted by Gasteiger charge is -2.18. The smallest absolute Gasteiger partial charge is 0.191 e. The molecule has 1 atom stereocenters. The van der Waals surface area contributed by atoms with Gasteiger partial charge in [0.05, 0.1) is 11.6 Å². The summed E-state index contributed by atoms with van der Waals surface area (Å²) in [6, 6.07) is 26.0. The van der Waals surface area contributed by atoms with Crippen molar-refractivity contribution in [1.29, 1.82) is 0 Å². The molecule has 6 nitrogen and oxygen atoms in total. The lowest BCUT2D eigenvalue weighted by Crippen LogP contribution is -2.30. The molecule has 2 heterocycles. The summed E-state index contributed by atoms with van der Waals surface area (Å²) in [6.07, 6.45) is 2.69. The molecule has 0 amide bonds. The van der Waals surface area contributed by atoms with E-state index < -0.39 is 6.04 Å². The minimum Gasteiger partial charge on any atom is -0.371 e. The molecule has 0 aliphatic heterocycles. The van der Waals surface area contributed by atoms with Gasteiger partial charge in [0.25, 0.3) is 0 Å². The molecule has 0 fully saturated rings. The fraction of sp³-hybridized carbons (Fsp3) is 0.143.